The van der Waals surface area contributed by atoms with Crippen molar-refractivity contribution in [2.24, 2.45) is 0 Å². The summed E-state index contributed by atoms with van der Waals surface area (Å²) in [5.41, 5.74) is 2.92. The number of fused-ring (bicyclic) bond motifs is 1. The first kappa shape index (κ1) is 14.0. The van der Waals surface area contributed by atoms with E-state index in [1.165, 1.54) is 0 Å². The number of hydrogen-bond acceptors (Lipinski definition) is 2. The number of nitrogens with zero attached hydrogens (tertiary/aromatic N) is 2. The molecule has 0 fully saturated rings. The Labute approximate surface area is 138 Å². The molecule has 1 heterocycles. The summed E-state index contributed by atoms with van der Waals surface area (Å²) >= 11 is 13.3. The van der Waals surface area contributed by atoms with Gasteiger partial charge in [-0.1, -0.05) is 51.8 Å². The molecular weight excluding hydrogens is 403 g/mol. The van der Waals surface area contributed by atoms with Crippen molar-refractivity contribution in [3.05, 3.63) is 56.1 Å². The highest BCUT2D eigenvalue weighted by atomic mass is 79.9. The molecule has 3 aromatic rings. The van der Waals surface area contributed by atoms with Crippen LogP contribution >= 0.6 is 43.5 Å². The van der Waals surface area contributed by atoms with Crippen molar-refractivity contribution in [2.75, 3.05) is 0 Å². The lowest BCUT2D eigenvalue weighted by atomic mass is 10.1. The van der Waals surface area contributed by atoms with Crippen LogP contribution in [0.1, 0.15) is 5.56 Å². The Bertz CT molecular complexity index is 818. The topological polar surface area (TPSA) is 25.8 Å². The third kappa shape index (κ3) is 2.48. The number of rotatable bonds is 1. The van der Waals surface area contributed by atoms with Gasteiger partial charge in [0, 0.05) is 19.9 Å². The summed E-state index contributed by atoms with van der Waals surface area (Å²) in [6.45, 7) is 2.04. The van der Waals surface area contributed by atoms with Crippen LogP contribution in [-0.4, -0.2) is 9.97 Å². The van der Waals surface area contributed by atoms with Crippen molar-refractivity contribution in [3.63, 3.8) is 0 Å². The van der Waals surface area contributed by atoms with Crippen LogP contribution in [0.3, 0.4) is 0 Å². The molecule has 0 unspecified atom stereocenters. The van der Waals surface area contributed by atoms with Crippen molar-refractivity contribution in [2.45, 2.75) is 6.92 Å². The maximum atomic E-state index is 6.32. The van der Waals surface area contributed by atoms with Gasteiger partial charge in [0.25, 0.3) is 0 Å². The average molecular weight is 413 g/mol. The van der Waals surface area contributed by atoms with E-state index in [9.17, 15) is 0 Å². The van der Waals surface area contributed by atoms with Crippen LogP contribution in [0.4, 0.5) is 0 Å². The van der Waals surface area contributed by atoms with E-state index < -0.39 is 0 Å². The maximum absolute atomic E-state index is 6.32. The van der Waals surface area contributed by atoms with Crippen molar-refractivity contribution >= 4 is 54.4 Å². The van der Waals surface area contributed by atoms with E-state index in [1.807, 2.05) is 43.3 Å². The predicted molar refractivity (Wildman–Crippen MR) is 90.1 cm³/mol. The van der Waals surface area contributed by atoms with Crippen molar-refractivity contribution < 1.29 is 0 Å². The molecule has 2 nitrogen and oxygen atoms in total. The zero-order valence-corrected chi connectivity index (χ0v) is 14.4. The van der Waals surface area contributed by atoms with Gasteiger partial charge >= 0.3 is 0 Å². The molecule has 0 N–H and O–H groups in total. The first-order chi connectivity index (χ1) is 9.56. The zero-order chi connectivity index (χ0) is 14.3. The molecule has 0 atom stereocenters. The lowest BCUT2D eigenvalue weighted by Gasteiger charge is -2.08. The summed E-state index contributed by atoms with van der Waals surface area (Å²) in [5.74, 6) is 0.642. The molecule has 100 valence electrons. The summed E-state index contributed by atoms with van der Waals surface area (Å²) in [6, 6.07) is 11.9. The fourth-order valence-electron chi connectivity index (χ4n) is 2.07. The van der Waals surface area contributed by atoms with Crippen LogP contribution in [-0.2, 0) is 0 Å². The zero-order valence-electron chi connectivity index (χ0n) is 10.5. The molecule has 3 rings (SSSR count). The van der Waals surface area contributed by atoms with Gasteiger partial charge in [-0.05, 0) is 40.5 Å². The molecule has 0 aliphatic rings. The van der Waals surface area contributed by atoms with E-state index in [1.54, 1.807) is 0 Å². The molecule has 0 radical (unpaired) electrons. The third-order valence-electron chi connectivity index (χ3n) is 3.06. The fraction of sp³-hybridized carbons (Fsp3) is 0.0667. The number of aryl methyl sites for hydroxylation is 1. The van der Waals surface area contributed by atoms with Gasteiger partial charge in [0.1, 0.15) is 5.15 Å². The summed E-state index contributed by atoms with van der Waals surface area (Å²) in [4.78, 5) is 9.07. The molecule has 0 spiro atoms. The van der Waals surface area contributed by atoms with Crippen LogP contribution < -0.4 is 0 Å². The predicted octanol–water partition coefficient (Wildman–Crippen LogP) is 5.78. The molecule has 5 heteroatoms. The van der Waals surface area contributed by atoms with E-state index in [-0.39, 0.29) is 0 Å². The fourth-order valence-corrected chi connectivity index (χ4v) is 3.60. The minimum Gasteiger partial charge on any atom is -0.227 e. The van der Waals surface area contributed by atoms with Crippen molar-refractivity contribution in [3.8, 4) is 11.4 Å². The van der Waals surface area contributed by atoms with Crippen molar-refractivity contribution in [1.29, 1.82) is 0 Å². The molecule has 1 aromatic heterocycles. The molecule has 0 amide bonds. The van der Waals surface area contributed by atoms with Gasteiger partial charge in [0.2, 0.25) is 0 Å². The number of aromatic nitrogens is 2. The Balaban J connectivity index is 2.33. The molecular formula is C15H9Br2ClN2. The molecule has 2 aromatic carbocycles. The van der Waals surface area contributed by atoms with Crippen LogP contribution in [0.5, 0.6) is 0 Å². The summed E-state index contributed by atoms with van der Waals surface area (Å²) < 4.78 is 1.83. The Hall–Kier alpha value is -0.970. The van der Waals surface area contributed by atoms with E-state index >= 15 is 0 Å². The second kappa shape index (κ2) is 5.43. The number of hydrogen-bond donors (Lipinski definition) is 0. The Kier molecular flexibility index (Phi) is 3.80. The van der Waals surface area contributed by atoms with Gasteiger partial charge in [-0.25, -0.2) is 9.97 Å². The van der Waals surface area contributed by atoms with Gasteiger partial charge in [-0.3, -0.25) is 0 Å². The third-order valence-corrected chi connectivity index (χ3v) is 4.41. The maximum Gasteiger partial charge on any atom is 0.161 e. The van der Waals surface area contributed by atoms with E-state index in [0.29, 0.717) is 11.0 Å². The average Bonchev–Trinajstić information content (AvgIpc) is 2.40. The Morgan fingerprint density at radius 2 is 1.80 bits per heavy atom. The van der Waals surface area contributed by atoms with Gasteiger partial charge < -0.3 is 0 Å². The van der Waals surface area contributed by atoms with Crippen LogP contribution in [0.15, 0.2) is 45.3 Å². The normalized spacial score (nSPS) is 11.0. The monoisotopic (exact) mass is 410 g/mol. The molecule has 0 aliphatic carbocycles. The Morgan fingerprint density at radius 1 is 1.05 bits per heavy atom. The first-order valence-corrected chi connectivity index (χ1v) is 7.91. The van der Waals surface area contributed by atoms with Crippen LogP contribution in [0.25, 0.3) is 22.3 Å². The highest BCUT2D eigenvalue weighted by Crippen LogP contribution is 2.33. The first-order valence-electron chi connectivity index (χ1n) is 5.94. The SMILES string of the molecule is Cc1ccccc1-c1nc(Cl)c2cc(Br)cc(Br)c2n1. The van der Waals surface area contributed by atoms with E-state index in [0.717, 1.165) is 31.0 Å². The largest absolute Gasteiger partial charge is 0.227 e. The lowest BCUT2D eigenvalue weighted by Crippen LogP contribution is -1.94. The van der Waals surface area contributed by atoms with Crippen LogP contribution in [0, 0.1) is 6.92 Å². The number of halogens is 3. The van der Waals surface area contributed by atoms with E-state index in [4.69, 9.17) is 11.6 Å². The highest BCUT2D eigenvalue weighted by molar-refractivity contribution is 9.11. The van der Waals surface area contributed by atoms with Gasteiger partial charge in [-0.2, -0.15) is 0 Å². The van der Waals surface area contributed by atoms with Crippen molar-refractivity contribution in [1.82, 2.24) is 9.97 Å². The molecule has 0 saturated heterocycles. The summed E-state index contributed by atoms with van der Waals surface area (Å²) in [6.07, 6.45) is 0. The standard InChI is InChI=1S/C15H9Br2ClN2/c1-8-4-2-3-5-10(8)15-19-13-11(14(18)20-15)6-9(16)7-12(13)17/h2-7H,1H3. The van der Waals surface area contributed by atoms with Gasteiger partial charge in [-0.15, -0.1) is 0 Å². The second-order valence-electron chi connectivity index (χ2n) is 4.44. The molecule has 0 bridgehead atoms. The van der Waals surface area contributed by atoms with E-state index in [2.05, 4.69) is 41.8 Å². The smallest absolute Gasteiger partial charge is 0.161 e. The lowest BCUT2D eigenvalue weighted by molar-refractivity contribution is 1.21. The van der Waals surface area contributed by atoms with Crippen LogP contribution in [0.2, 0.25) is 5.15 Å². The minimum absolute atomic E-state index is 0.454. The second-order valence-corrected chi connectivity index (χ2v) is 6.56. The number of benzene rings is 2. The highest BCUT2D eigenvalue weighted by Gasteiger charge is 2.12. The summed E-state index contributed by atoms with van der Waals surface area (Å²) in [7, 11) is 0. The molecule has 0 aliphatic heterocycles. The molecule has 0 saturated carbocycles. The van der Waals surface area contributed by atoms with Gasteiger partial charge in [0.05, 0.1) is 5.52 Å². The minimum atomic E-state index is 0.454. The summed E-state index contributed by atoms with van der Waals surface area (Å²) in [5, 5.41) is 1.28. The quantitative estimate of drug-likeness (QED) is 0.473. The Morgan fingerprint density at radius 3 is 2.55 bits per heavy atom. The molecule has 20 heavy (non-hydrogen) atoms. The van der Waals surface area contributed by atoms with Gasteiger partial charge in [0.15, 0.2) is 5.82 Å².